The second kappa shape index (κ2) is 3.87. The number of aryl methyl sites for hydroxylation is 1. The van der Waals surface area contributed by atoms with Gasteiger partial charge in [-0.1, -0.05) is 12.1 Å². The monoisotopic (exact) mass is 214 g/mol. The van der Waals surface area contributed by atoms with Crippen molar-refractivity contribution in [3.05, 3.63) is 41.6 Å². The molecule has 0 bridgehead atoms. The first-order valence-electron chi connectivity index (χ1n) is 5.59. The van der Waals surface area contributed by atoms with Gasteiger partial charge in [0.25, 0.3) is 0 Å². The Morgan fingerprint density at radius 3 is 2.75 bits per heavy atom. The molecule has 1 aromatic heterocycles. The maximum absolute atomic E-state index is 6.05. The quantitative estimate of drug-likeness (QED) is 0.835. The smallest absolute Gasteiger partial charge is 0.0731 e. The number of rotatable bonds is 2. The summed E-state index contributed by atoms with van der Waals surface area (Å²) in [5.41, 5.74) is 9.47. The average molecular weight is 214 g/mol. The highest BCUT2D eigenvalue weighted by Crippen LogP contribution is 2.20. The largest absolute Gasteiger partial charge is 0.325 e. The van der Waals surface area contributed by atoms with Gasteiger partial charge in [0.1, 0.15) is 0 Å². The van der Waals surface area contributed by atoms with Crippen LogP contribution in [-0.2, 0) is 6.42 Å². The van der Waals surface area contributed by atoms with Crippen molar-refractivity contribution in [1.29, 1.82) is 0 Å². The summed E-state index contributed by atoms with van der Waals surface area (Å²) in [5.74, 6) is 0. The van der Waals surface area contributed by atoms with Gasteiger partial charge in [0, 0.05) is 17.1 Å². The van der Waals surface area contributed by atoms with Gasteiger partial charge in [-0.05, 0) is 50.5 Å². The Bertz CT molecular complexity index is 510. The van der Waals surface area contributed by atoms with E-state index in [4.69, 9.17) is 5.73 Å². The standard InChI is InChI=1S/C14H18N2/c1-10-7-11(9-14(2,3)15)8-12-5-4-6-16-13(10)12/h4-8H,9,15H2,1-3H3. The second-order valence-electron chi connectivity index (χ2n) is 5.15. The summed E-state index contributed by atoms with van der Waals surface area (Å²) >= 11 is 0. The third kappa shape index (κ3) is 2.39. The highest BCUT2D eigenvalue weighted by molar-refractivity contribution is 5.82. The van der Waals surface area contributed by atoms with E-state index < -0.39 is 0 Å². The zero-order chi connectivity index (χ0) is 11.8. The topological polar surface area (TPSA) is 38.9 Å². The highest BCUT2D eigenvalue weighted by Gasteiger charge is 2.12. The van der Waals surface area contributed by atoms with E-state index in [1.807, 2.05) is 12.3 Å². The lowest BCUT2D eigenvalue weighted by Gasteiger charge is -2.19. The van der Waals surface area contributed by atoms with Crippen molar-refractivity contribution in [1.82, 2.24) is 4.98 Å². The minimum Gasteiger partial charge on any atom is -0.325 e. The number of nitrogens with two attached hydrogens (primary N) is 1. The van der Waals surface area contributed by atoms with Crippen molar-refractivity contribution in [2.24, 2.45) is 5.73 Å². The van der Waals surface area contributed by atoms with Crippen LogP contribution in [0.3, 0.4) is 0 Å². The second-order valence-corrected chi connectivity index (χ2v) is 5.15. The molecular formula is C14H18N2. The number of hydrogen-bond acceptors (Lipinski definition) is 2. The molecule has 0 saturated carbocycles. The Morgan fingerprint density at radius 2 is 2.06 bits per heavy atom. The van der Waals surface area contributed by atoms with Crippen LogP contribution in [0.5, 0.6) is 0 Å². The molecule has 0 amide bonds. The summed E-state index contributed by atoms with van der Waals surface area (Å²) in [4.78, 5) is 4.39. The molecule has 2 heteroatoms. The third-order valence-electron chi connectivity index (χ3n) is 2.61. The molecule has 1 heterocycles. The zero-order valence-electron chi connectivity index (χ0n) is 10.1. The molecule has 0 radical (unpaired) electrons. The molecule has 0 aliphatic rings. The fourth-order valence-corrected chi connectivity index (χ4v) is 2.08. The minimum absolute atomic E-state index is 0.164. The number of aromatic nitrogens is 1. The Morgan fingerprint density at radius 1 is 1.31 bits per heavy atom. The number of nitrogens with zero attached hydrogens (tertiary/aromatic N) is 1. The number of benzene rings is 1. The molecular weight excluding hydrogens is 196 g/mol. The first-order valence-corrected chi connectivity index (χ1v) is 5.59. The molecule has 1 aromatic carbocycles. The molecule has 2 N–H and O–H groups in total. The van der Waals surface area contributed by atoms with Gasteiger partial charge >= 0.3 is 0 Å². The van der Waals surface area contributed by atoms with Crippen LogP contribution in [0.15, 0.2) is 30.5 Å². The molecule has 0 atom stereocenters. The molecule has 0 saturated heterocycles. The maximum Gasteiger partial charge on any atom is 0.0731 e. The van der Waals surface area contributed by atoms with Crippen LogP contribution < -0.4 is 5.73 Å². The Hall–Kier alpha value is -1.41. The van der Waals surface area contributed by atoms with Crippen molar-refractivity contribution in [3.8, 4) is 0 Å². The Balaban J connectivity index is 2.50. The van der Waals surface area contributed by atoms with Gasteiger partial charge in [-0.3, -0.25) is 4.98 Å². The van der Waals surface area contributed by atoms with Gasteiger partial charge < -0.3 is 5.73 Å². The first-order chi connectivity index (χ1) is 7.46. The molecule has 84 valence electrons. The third-order valence-corrected chi connectivity index (χ3v) is 2.61. The van der Waals surface area contributed by atoms with Crippen molar-refractivity contribution in [2.75, 3.05) is 0 Å². The van der Waals surface area contributed by atoms with Crippen LogP contribution in [0.25, 0.3) is 10.9 Å². The lowest BCUT2D eigenvalue weighted by Crippen LogP contribution is -2.34. The van der Waals surface area contributed by atoms with Gasteiger partial charge in [-0.25, -0.2) is 0 Å². The van der Waals surface area contributed by atoms with E-state index in [0.717, 1.165) is 11.9 Å². The molecule has 16 heavy (non-hydrogen) atoms. The molecule has 0 aliphatic heterocycles. The molecule has 2 aromatic rings. The average Bonchev–Trinajstić information content (AvgIpc) is 2.15. The first kappa shape index (κ1) is 11.1. The molecule has 2 nitrogen and oxygen atoms in total. The van der Waals surface area contributed by atoms with Crippen molar-refractivity contribution in [3.63, 3.8) is 0 Å². The van der Waals surface area contributed by atoms with E-state index in [9.17, 15) is 0 Å². The Kier molecular flexibility index (Phi) is 2.68. The fourth-order valence-electron chi connectivity index (χ4n) is 2.08. The van der Waals surface area contributed by atoms with Gasteiger partial charge in [0.05, 0.1) is 5.52 Å². The van der Waals surface area contributed by atoms with E-state index in [2.05, 4.69) is 44.0 Å². The highest BCUT2D eigenvalue weighted by atomic mass is 14.7. The predicted molar refractivity (Wildman–Crippen MR) is 68.5 cm³/mol. The molecule has 2 rings (SSSR count). The van der Waals surface area contributed by atoms with Gasteiger partial charge in [-0.15, -0.1) is 0 Å². The van der Waals surface area contributed by atoms with E-state index >= 15 is 0 Å². The van der Waals surface area contributed by atoms with Crippen LogP contribution in [0.4, 0.5) is 0 Å². The lowest BCUT2D eigenvalue weighted by molar-refractivity contribution is 0.517. The van der Waals surface area contributed by atoms with Crippen molar-refractivity contribution >= 4 is 10.9 Å². The van der Waals surface area contributed by atoms with E-state index in [0.29, 0.717) is 0 Å². The summed E-state index contributed by atoms with van der Waals surface area (Å²) < 4.78 is 0. The SMILES string of the molecule is Cc1cc(CC(C)(C)N)cc2cccnc12. The predicted octanol–water partition coefficient (Wildman–Crippen LogP) is 2.82. The minimum atomic E-state index is -0.164. The van der Waals surface area contributed by atoms with E-state index in [1.165, 1.54) is 16.5 Å². The van der Waals surface area contributed by atoms with Gasteiger partial charge in [-0.2, -0.15) is 0 Å². The fraction of sp³-hybridized carbons (Fsp3) is 0.357. The van der Waals surface area contributed by atoms with Crippen molar-refractivity contribution in [2.45, 2.75) is 32.7 Å². The summed E-state index contributed by atoms with van der Waals surface area (Å²) in [7, 11) is 0. The maximum atomic E-state index is 6.05. The normalized spacial score (nSPS) is 12.0. The van der Waals surface area contributed by atoms with E-state index in [1.54, 1.807) is 0 Å². The van der Waals surface area contributed by atoms with Crippen LogP contribution >= 0.6 is 0 Å². The van der Waals surface area contributed by atoms with Gasteiger partial charge in [0.15, 0.2) is 0 Å². The van der Waals surface area contributed by atoms with Crippen molar-refractivity contribution < 1.29 is 0 Å². The summed E-state index contributed by atoms with van der Waals surface area (Å²) in [6, 6.07) is 8.44. The Labute approximate surface area is 96.5 Å². The number of hydrogen-bond donors (Lipinski definition) is 1. The van der Waals surface area contributed by atoms with Crippen LogP contribution in [0.2, 0.25) is 0 Å². The number of fused-ring (bicyclic) bond motifs is 1. The molecule has 0 unspecified atom stereocenters. The van der Waals surface area contributed by atoms with Crippen LogP contribution in [0.1, 0.15) is 25.0 Å². The van der Waals surface area contributed by atoms with E-state index in [-0.39, 0.29) is 5.54 Å². The lowest BCUT2D eigenvalue weighted by atomic mass is 9.94. The number of pyridine rings is 1. The van der Waals surface area contributed by atoms with Crippen LogP contribution in [-0.4, -0.2) is 10.5 Å². The molecule has 0 fully saturated rings. The summed E-state index contributed by atoms with van der Waals surface area (Å²) in [6.45, 7) is 6.20. The molecule has 0 spiro atoms. The molecule has 0 aliphatic carbocycles. The van der Waals surface area contributed by atoms with Gasteiger partial charge in [0.2, 0.25) is 0 Å². The van der Waals surface area contributed by atoms with Crippen LogP contribution in [0, 0.1) is 6.92 Å². The summed E-state index contributed by atoms with van der Waals surface area (Å²) in [5, 5.41) is 1.20. The zero-order valence-corrected chi connectivity index (χ0v) is 10.1. The summed E-state index contributed by atoms with van der Waals surface area (Å²) in [6.07, 6.45) is 2.72.